The molecule has 2 aliphatic heterocycles. The van der Waals surface area contributed by atoms with Gasteiger partial charge in [-0.05, 0) is 37.5 Å². The molecule has 0 aromatic rings. The summed E-state index contributed by atoms with van der Waals surface area (Å²) in [6, 6.07) is 0. The van der Waals surface area contributed by atoms with Crippen LogP contribution in [-0.4, -0.2) is 63.5 Å². The van der Waals surface area contributed by atoms with Crippen LogP contribution < -0.4 is 0 Å². The van der Waals surface area contributed by atoms with Crippen molar-refractivity contribution in [3.05, 3.63) is 0 Å². The van der Waals surface area contributed by atoms with Crippen LogP contribution in [0.1, 0.15) is 44.9 Å². The molecule has 1 spiro atoms. The van der Waals surface area contributed by atoms with Crippen LogP contribution in [0.5, 0.6) is 0 Å². The molecule has 0 aromatic heterocycles. The van der Waals surface area contributed by atoms with Gasteiger partial charge in [0.05, 0.1) is 19.3 Å². The van der Waals surface area contributed by atoms with E-state index in [0.717, 1.165) is 65.0 Å². The fraction of sp³-hybridized carbons (Fsp3) is 0.944. The number of amides is 1. The Hall–Kier alpha value is -0.650. The number of nitrogens with zero attached hydrogens (tertiary/aromatic N) is 1. The van der Waals surface area contributed by atoms with Crippen LogP contribution in [0, 0.1) is 11.3 Å². The van der Waals surface area contributed by atoms with Crippen LogP contribution in [0.25, 0.3) is 0 Å². The number of hydrogen-bond acceptors (Lipinski definition) is 4. The number of ether oxygens (including phenoxy) is 3. The molecule has 3 rings (SSSR count). The molecule has 1 amide bonds. The normalized spacial score (nSPS) is 28.4. The average Bonchev–Trinajstić information content (AvgIpc) is 3.09. The zero-order chi connectivity index (χ0) is 16.1. The zero-order valence-corrected chi connectivity index (χ0v) is 14.4. The van der Waals surface area contributed by atoms with Gasteiger partial charge in [-0.3, -0.25) is 4.79 Å². The number of likely N-dealkylation sites (tertiary alicyclic amines) is 1. The lowest BCUT2D eigenvalue weighted by Gasteiger charge is -2.48. The van der Waals surface area contributed by atoms with Gasteiger partial charge < -0.3 is 19.1 Å². The molecule has 2 saturated heterocycles. The maximum Gasteiger partial charge on any atom is 0.248 e. The Bertz CT molecular complexity index is 384. The Kier molecular flexibility index (Phi) is 5.94. The Labute approximate surface area is 139 Å². The van der Waals surface area contributed by atoms with Gasteiger partial charge in [-0.2, -0.15) is 0 Å². The number of rotatable bonds is 5. The highest BCUT2D eigenvalue weighted by Gasteiger charge is 2.44. The van der Waals surface area contributed by atoms with Crippen molar-refractivity contribution in [2.45, 2.75) is 51.0 Å². The Morgan fingerprint density at radius 3 is 2.65 bits per heavy atom. The van der Waals surface area contributed by atoms with Crippen molar-refractivity contribution in [1.29, 1.82) is 0 Å². The molecule has 0 bridgehead atoms. The topological polar surface area (TPSA) is 48.0 Å². The molecule has 3 fully saturated rings. The van der Waals surface area contributed by atoms with Gasteiger partial charge in [0, 0.05) is 32.7 Å². The third-order valence-corrected chi connectivity index (χ3v) is 6.15. The van der Waals surface area contributed by atoms with E-state index in [9.17, 15) is 4.79 Å². The summed E-state index contributed by atoms with van der Waals surface area (Å²) in [5.74, 6) is 0.635. The van der Waals surface area contributed by atoms with Crippen LogP contribution in [0.15, 0.2) is 0 Å². The molecular formula is C18H31NO4. The molecule has 1 saturated carbocycles. The van der Waals surface area contributed by atoms with Gasteiger partial charge >= 0.3 is 0 Å². The Morgan fingerprint density at radius 1 is 1.22 bits per heavy atom. The monoisotopic (exact) mass is 325 g/mol. The highest BCUT2D eigenvalue weighted by Crippen LogP contribution is 2.44. The molecule has 132 valence electrons. The quantitative estimate of drug-likeness (QED) is 0.778. The molecule has 1 atom stereocenters. The first-order chi connectivity index (χ1) is 11.2. The van der Waals surface area contributed by atoms with Gasteiger partial charge in [-0.1, -0.05) is 12.8 Å². The molecule has 0 unspecified atom stereocenters. The largest absolute Gasteiger partial charge is 0.384 e. The highest BCUT2D eigenvalue weighted by molar-refractivity contribution is 5.77. The van der Waals surface area contributed by atoms with Gasteiger partial charge in [-0.25, -0.2) is 0 Å². The van der Waals surface area contributed by atoms with Gasteiger partial charge in [-0.15, -0.1) is 0 Å². The van der Waals surface area contributed by atoms with E-state index in [-0.39, 0.29) is 12.5 Å². The molecule has 5 heteroatoms. The third kappa shape index (κ3) is 4.06. The van der Waals surface area contributed by atoms with E-state index < -0.39 is 0 Å². The number of methoxy groups -OCH3 is 1. The average molecular weight is 325 g/mol. The lowest BCUT2D eigenvalue weighted by atomic mass is 9.66. The summed E-state index contributed by atoms with van der Waals surface area (Å²) in [6.45, 7) is 4.38. The third-order valence-electron chi connectivity index (χ3n) is 6.15. The minimum absolute atomic E-state index is 0.169. The molecule has 5 nitrogen and oxygen atoms in total. The predicted molar refractivity (Wildman–Crippen MR) is 87.3 cm³/mol. The first-order valence-electron chi connectivity index (χ1n) is 9.19. The first kappa shape index (κ1) is 17.2. The smallest absolute Gasteiger partial charge is 0.248 e. The van der Waals surface area contributed by atoms with Gasteiger partial charge in [0.15, 0.2) is 0 Å². The summed E-state index contributed by atoms with van der Waals surface area (Å²) in [5.41, 5.74) is 0.303. The predicted octanol–water partition coefficient (Wildman–Crippen LogP) is 2.24. The van der Waals surface area contributed by atoms with E-state index in [0.29, 0.717) is 17.4 Å². The fourth-order valence-electron chi connectivity index (χ4n) is 4.50. The van der Waals surface area contributed by atoms with Crippen molar-refractivity contribution in [3.8, 4) is 0 Å². The SMILES string of the molecule is COC[C@H]1COCCC12CCN(C(=O)COC1CCCC1)CC2. The lowest BCUT2D eigenvalue weighted by Crippen LogP contribution is -2.51. The molecular weight excluding hydrogens is 294 g/mol. The van der Waals surface area contributed by atoms with Crippen LogP contribution in [-0.2, 0) is 19.0 Å². The standard InChI is InChI=1S/C18H31NO4/c1-21-12-15-13-22-11-8-18(15)6-9-19(10-7-18)17(20)14-23-16-4-2-3-5-16/h15-16H,2-14H2,1H3/t15-/m0/s1. The van der Waals surface area contributed by atoms with E-state index in [1.165, 1.54) is 12.8 Å². The lowest BCUT2D eigenvalue weighted by molar-refractivity contribution is -0.144. The minimum atomic E-state index is 0.169. The van der Waals surface area contributed by atoms with E-state index in [2.05, 4.69) is 0 Å². The second kappa shape index (κ2) is 7.95. The number of piperidine rings is 1. The molecule has 0 N–H and O–H groups in total. The maximum atomic E-state index is 12.4. The van der Waals surface area contributed by atoms with Crippen molar-refractivity contribution in [3.63, 3.8) is 0 Å². The minimum Gasteiger partial charge on any atom is -0.384 e. The second-order valence-corrected chi connectivity index (χ2v) is 7.44. The summed E-state index contributed by atoms with van der Waals surface area (Å²) in [7, 11) is 1.77. The number of carbonyl (C=O) groups is 1. The van der Waals surface area contributed by atoms with Crippen molar-refractivity contribution in [2.24, 2.45) is 11.3 Å². The Morgan fingerprint density at radius 2 is 1.96 bits per heavy atom. The Balaban J connectivity index is 1.47. The van der Waals surface area contributed by atoms with Gasteiger partial charge in [0.25, 0.3) is 0 Å². The van der Waals surface area contributed by atoms with E-state index in [1.807, 2.05) is 4.90 Å². The van der Waals surface area contributed by atoms with Crippen molar-refractivity contribution < 1.29 is 19.0 Å². The second-order valence-electron chi connectivity index (χ2n) is 7.44. The summed E-state index contributed by atoms with van der Waals surface area (Å²) in [6.07, 6.45) is 8.28. The summed E-state index contributed by atoms with van der Waals surface area (Å²) in [5, 5.41) is 0. The van der Waals surface area contributed by atoms with Crippen LogP contribution >= 0.6 is 0 Å². The van der Waals surface area contributed by atoms with Crippen molar-refractivity contribution >= 4 is 5.91 Å². The molecule has 0 aromatic carbocycles. The van der Waals surface area contributed by atoms with Crippen LogP contribution in [0.3, 0.4) is 0 Å². The van der Waals surface area contributed by atoms with Gasteiger partial charge in [0.1, 0.15) is 6.61 Å². The van der Waals surface area contributed by atoms with E-state index >= 15 is 0 Å². The number of hydrogen-bond donors (Lipinski definition) is 0. The molecule has 3 aliphatic rings. The zero-order valence-electron chi connectivity index (χ0n) is 14.4. The van der Waals surface area contributed by atoms with Crippen molar-refractivity contribution in [1.82, 2.24) is 4.90 Å². The summed E-state index contributed by atoms with van der Waals surface area (Å²) < 4.78 is 16.8. The molecule has 2 heterocycles. The first-order valence-corrected chi connectivity index (χ1v) is 9.19. The summed E-state index contributed by atoms with van der Waals surface area (Å²) >= 11 is 0. The molecule has 0 radical (unpaired) electrons. The van der Waals surface area contributed by atoms with E-state index in [1.54, 1.807) is 7.11 Å². The molecule has 23 heavy (non-hydrogen) atoms. The van der Waals surface area contributed by atoms with E-state index in [4.69, 9.17) is 14.2 Å². The number of carbonyl (C=O) groups excluding carboxylic acids is 1. The van der Waals surface area contributed by atoms with Crippen LogP contribution in [0.4, 0.5) is 0 Å². The highest BCUT2D eigenvalue weighted by atomic mass is 16.5. The van der Waals surface area contributed by atoms with Crippen LogP contribution in [0.2, 0.25) is 0 Å². The fourth-order valence-corrected chi connectivity index (χ4v) is 4.50. The van der Waals surface area contributed by atoms with Gasteiger partial charge in [0.2, 0.25) is 5.91 Å². The summed E-state index contributed by atoms with van der Waals surface area (Å²) in [4.78, 5) is 14.4. The van der Waals surface area contributed by atoms with Crippen molar-refractivity contribution in [2.75, 3.05) is 46.6 Å². The molecule has 1 aliphatic carbocycles. The maximum absolute atomic E-state index is 12.4.